The van der Waals surface area contributed by atoms with Crippen molar-refractivity contribution in [1.82, 2.24) is 0 Å². The Bertz CT molecular complexity index is 390. The lowest BCUT2D eigenvalue weighted by molar-refractivity contribution is 0.732. The fourth-order valence-corrected chi connectivity index (χ4v) is 1.96. The maximum absolute atomic E-state index is 7.60. The zero-order chi connectivity index (χ0) is 12.8. The van der Waals surface area contributed by atoms with E-state index in [9.17, 15) is 0 Å². The van der Waals surface area contributed by atoms with Crippen molar-refractivity contribution in [2.45, 2.75) is 26.7 Å². The van der Waals surface area contributed by atoms with Crippen molar-refractivity contribution in [3.63, 3.8) is 0 Å². The number of benzene rings is 1. The lowest BCUT2D eigenvalue weighted by Crippen LogP contribution is -2.27. The zero-order valence-corrected chi connectivity index (χ0v) is 11.2. The van der Waals surface area contributed by atoms with Gasteiger partial charge < -0.3 is 10.6 Å². The number of anilines is 1. The van der Waals surface area contributed by atoms with Crippen LogP contribution in [0, 0.1) is 5.41 Å². The predicted octanol–water partition coefficient (Wildman–Crippen LogP) is 3.25. The molecule has 0 aliphatic heterocycles. The molecular weight excluding hydrogens is 234 g/mol. The molecule has 0 aliphatic carbocycles. The second-order valence-electron chi connectivity index (χ2n) is 4.01. The lowest BCUT2D eigenvalue weighted by Gasteiger charge is -2.25. The fraction of sp³-hybridized carbons (Fsp3) is 0.462. The molecule has 0 radical (unpaired) electrons. The molecule has 0 heterocycles. The van der Waals surface area contributed by atoms with E-state index in [4.69, 9.17) is 22.7 Å². The third-order valence-electron chi connectivity index (χ3n) is 2.75. The number of halogens is 1. The van der Waals surface area contributed by atoms with Crippen molar-refractivity contribution in [3.05, 3.63) is 28.8 Å². The molecule has 0 spiro atoms. The predicted molar refractivity (Wildman–Crippen MR) is 75.3 cm³/mol. The smallest absolute Gasteiger partial charge is 0.124 e. The van der Waals surface area contributed by atoms with Crippen molar-refractivity contribution < 1.29 is 0 Å². The maximum atomic E-state index is 7.60. The molecule has 94 valence electrons. The van der Waals surface area contributed by atoms with Gasteiger partial charge in [-0.3, -0.25) is 5.41 Å². The topological polar surface area (TPSA) is 53.1 Å². The molecule has 1 aromatic rings. The first-order chi connectivity index (χ1) is 8.10. The molecule has 1 aromatic carbocycles. The first-order valence-electron chi connectivity index (χ1n) is 5.99. The van der Waals surface area contributed by atoms with Gasteiger partial charge in [0, 0.05) is 29.4 Å². The van der Waals surface area contributed by atoms with Gasteiger partial charge >= 0.3 is 0 Å². The summed E-state index contributed by atoms with van der Waals surface area (Å²) >= 11 is 6.02. The van der Waals surface area contributed by atoms with E-state index in [0.717, 1.165) is 37.2 Å². The third-order valence-corrected chi connectivity index (χ3v) is 2.99. The minimum absolute atomic E-state index is 0.0895. The van der Waals surface area contributed by atoms with E-state index in [2.05, 4.69) is 18.7 Å². The Morgan fingerprint density at radius 2 is 2.12 bits per heavy atom. The number of hydrogen-bond acceptors (Lipinski definition) is 2. The van der Waals surface area contributed by atoms with E-state index in [-0.39, 0.29) is 5.84 Å². The highest BCUT2D eigenvalue weighted by Gasteiger charge is 2.12. The summed E-state index contributed by atoms with van der Waals surface area (Å²) in [6, 6.07) is 5.47. The first-order valence-corrected chi connectivity index (χ1v) is 6.36. The molecule has 3 N–H and O–H groups in total. The molecule has 0 aromatic heterocycles. The second kappa shape index (κ2) is 6.50. The third kappa shape index (κ3) is 3.63. The van der Waals surface area contributed by atoms with Gasteiger partial charge in [-0.2, -0.15) is 0 Å². The number of nitrogens with two attached hydrogens (primary N) is 1. The summed E-state index contributed by atoms with van der Waals surface area (Å²) in [7, 11) is 0. The van der Waals surface area contributed by atoms with Crippen LogP contribution in [0.15, 0.2) is 18.2 Å². The molecule has 3 nitrogen and oxygen atoms in total. The number of unbranched alkanes of at least 4 members (excludes halogenated alkanes) is 1. The van der Waals surface area contributed by atoms with Crippen LogP contribution in [0.1, 0.15) is 32.3 Å². The molecule has 0 saturated heterocycles. The number of amidine groups is 1. The quantitative estimate of drug-likeness (QED) is 0.604. The number of rotatable bonds is 6. The molecule has 0 atom stereocenters. The van der Waals surface area contributed by atoms with Crippen LogP contribution in [0.4, 0.5) is 5.69 Å². The van der Waals surface area contributed by atoms with Crippen molar-refractivity contribution in [1.29, 1.82) is 5.41 Å². The number of nitrogens with zero attached hydrogens (tertiary/aromatic N) is 1. The highest BCUT2D eigenvalue weighted by Crippen LogP contribution is 2.25. The molecule has 0 unspecified atom stereocenters. The van der Waals surface area contributed by atoms with Crippen LogP contribution in [-0.2, 0) is 0 Å². The Balaban J connectivity index is 3.06. The van der Waals surface area contributed by atoms with E-state index in [1.165, 1.54) is 0 Å². The second-order valence-corrected chi connectivity index (χ2v) is 4.44. The van der Waals surface area contributed by atoms with Gasteiger partial charge in [0.15, 0.2) is 0 Å². The van der Waals surface area contributed by atoms with E-state index in [1.54, 1.807) is 6.07 Å². The Morgan fingerprint density at radius 3 is 2.65 bits per heavy atom. The van der Waals surface area contributed by atoms with Gasteiger partial charge in [0.05, 0.1) is 0 Å². The SMILES string of the molecule is CCCCN(CC)c1cc(Cl)ccc1C(=N)N. The van der Waals surface area contributed by atoms with Gasteiger partial charge in [0.2, 0.25) is 0 Å². The van der Waals surface area contributed by atoms with Gasteiger partial charge in [-0.1, -0.05) is 24.9 Å². The molecule has 0 saturated carbocycles. The average Bonchev–Trinajstić information content (AvgIpc) is 2.29. The number of hydrogen-bond donors (Lipinski definition) is 2. The summed E-state index contributed by atoms with van der Waals surface area (Å²) < 4.78 is 0. The van der Waals surface area contributed by atoms with Crippen LogP contribution in [0.25, 0.3) is 0 Å². The summed E-state index contributed by atoms with van der Waals surface area (Å²) in [6.07, 6.45) is 2.27. The largest absolute Gasteiger partial charge is 0.384 e. The van der Waals surface area contributed by atoms with Gasteiger partial charge in [-0.05, 0) is 31.5 Å². The lowest BCUT2D eigenvalue weighted by atomic mass is 10.1. The minimum Gasteiger partial charge on any atom is -0.384 e. The molecule has 0 amide bonds. The van der Waals surface area contributed by atoms with Crippen molar-refractivity contribution in [2.24, 2.45) is 5.73 Å². The Morgan fingerprint density at radius 1 is 1.41 bits per heavy atom. The average molecular weight is 254 g/mol. The highest BCUT2D eigenvalue weighted by molar-refractivity contribution is 6.31. The molecule has 0 bridgehead atoms. The van der Waals surface area contributed by atoms with Gasteiger partial charge in [-0.25, -0.2) is 0 Å². The van der Waals surface area contributed by atoms with E-state index >= 15 is 0 Å². The van der Waals surface area contributed by atoms with Crippen LogP contribution in [0.5, 0.6) is 0 Å². The van der Waals surface area contributed by atoms with Crippen LogP contribution in [-0.4, -0.2) is 18.9 Å². The van der Waals surface area contributed by atoms with E-state index < -0.39 is 0 Å². The summed E-state index contributed by atoms with van der Waals surface area (Å²) in [6.45, 7) is 6.12. The number of nitrogen functional groups attached to an aromatic ring is 1. The van der Waals surface area contributed by atoms with E-state index in [1.807, 2.05) is 12.1 Å². The molecule has 17 heavy (non-hydrogen) atoms. The number of nitrogens with one attached hydrogen (secondary N) is 1. The van der Waals surface area contributed by atoms with Gasteiger partial charge in [-0.15, -0.1) is 0 Å². The van der Waals surface area contributed by atoms with Crippen molar-refractivity contribution >= 4 is 23.1 Å². The van der Waals surface area contributed by atoms with Crippen LogP contribution in [0.3, 0.4) is 0 Å². The summed E-state index contributed by atoms with van der Waals surface area (Å²) in [4.78, 5) is 2.21. The normalized spacial score (nSPS) is 10.3. The van der Waals surface area contributed by atoms with Crippen LogP contribution in [0.2, 0.25) is 5.02 Å². The molecule has 4 heteroatoms. The fourth-order valence-electron chi connectivity index (χ4n) is 1.79. The van der Waals surface area contributed by atoms with Crippen LogP contribution >= 0.6 is 11.6 Å². The summed E-state index contributed by atoms with van der Waals surface area (Å²) in [5, 5.41) is 8.28. The molecule has 1 rings (SSSR count). The zero-order valence-electron chi connectivity index (χ0n) is 10.5. The molecular formula is C13H20ClN3. The van der Waals surface area contributed by atoms with Crippen LogP contribution < -0.4 is 10.6 Å². The monoisotopic (exact) mass is 253 g/mol. The standard InChI is InChI=1S/C13H20ClN3/c1-3-5-8-17(4-2)12-9-10(14)6-7-11(12)13(15)16/h6-7,9H,3-5,8H2,1-2H3,(H3,15,16). The summed E-state index contributed by atoms with van der Waals surface area (Å²) in [5.74, 6) is 0.0895. The van der Waals surface area contributed by atoms with Crippen molar-refractivity contribution in [2.75, 3.05) is 18.0 Å². The Hall–Kier alpha value is -1.22. The molecule has 0 fully saturated rings. The first kappa shape index (κ1) is 13.8. The minimum atomic E-state index is 0.0895. The maximum Gasteiger partial charge on any atom is 0.124 e. The Kier molecular flexibility index (Phi) is 5.29. The van der Waals surface area contributed by atoms with Crippen molar-refractivity contribution in [3.8, 4) is 0 Å². The van der Waals surface area contributed by atoms with Gasteiger partial charge in [0.1, 0.15) is 5.84 Å². The van der Waals surface area contributed by atoms with E-state index in [0.29, 0.717) is 5.02 Å². The highest BCUT2D eigenvalue weighted by atomic mass is 35.5. The Labute approximate surface area is 108 Å². The van der Waals surface area contributed by atoms with Gasteiger partial charge in [0.25, 0.3) is 0 Å². The summed E-state index contributed by atoms with van der Waals surface area (Å²) in [5.41, 5.74) is 7.32. The molecule has 0 aliphatic rings.